The van der Waals surface area contributed by atoms with E-state index in [2.05, 4.69) is 10.6 Å². The number of methoxy groups -OCH3 is 1. The number of anilines is 3. The van der Waals surface area contributed by atoms with Crippen LogP contribution in [0.1, 0.15) is 5.56 Å². The van der Waals surface area contributed by atoms with Crippen molar-refractivity contribution in [3.63, 3.8) is 0 Å². The van der Waals surface area contributed by atoms with Crippen LogP contribution in [0.4, 0.5) is 17.1 Å². The lowest BCUT2D eigenvalue weighted by atomic mass is 10.2. The van der Waals surface area contributed by atoms with E-state index in [9.17, 15) is 4.79 Å². The third kappa shape index (κ3) is 5.01. The Labute approximate surface area is 158 Å². The van der Waals surface area contributed by atoms with Crippen molar-refractivity contribution in [2.24, 2.45) is 0 Å². The van der Waals surface area contributed by atoms with E-state index in [1.165, 1.54) is 0 Å². The SMILES string of the molecule is COc1cc(C)ccc1OCC(=O)Nc1ccccc1Nc1ccccc1. The van der Waals surface area contributed by atoms with E-state index in [0.29, 0.717) is 17.2 Å². The molecule has 5 heteroatoms. The number of rotatable bonds is 7. The van der Waals surface area contributed by atoms with Gasteiger partial charge in [-0.3, -0.25) is 4.79 Å². The summed E-state index contributed by atoms with van der Waals surface area (Å²) in [5.41, 5.74) is 3.50. The first-order chi connectivity index (χ1) is 13.2. The fourth-order valence-electron chi connectivity index (χ4n) is 2.60. The van der Waals surface area contributed by atoms with E-state index in [1.807, 2.05) is 73.7 Å². The first kappa shape index (κ1) is 18.3. The molecule has 0 unspecified atom stereocenters. The van der Waals surface area contributed by atoms with Crippen molar-refractivity contribution < 1.29 is 14.3 Å². The van der Waals surface area contributed by atoms with Crippen LogP contribution in [-0.4, -0.2) is 19.6 Å². The molecule has 0 radical (unpaired) electrons. The number of carbonyl (C=O) groups is 1. The topological polar surface area (TPSA) is 59.6 Å². The van der Waals surface area contributed by atoms with Gasteiger partial charge in [0.2, 0.25) is 0 Å². The zero-order valence-corrected chi connectivity index (χ0v) is 15.4. The Balaban J connectivity index is 1.65. The zero-order chi connectivity index (χ0) is 19.1. The van der Waals surface area contributed by atoms with E-state index in [4.69, 9.17) is 9.47 Å². The standard InChI is InChI=1S/C22H22N2O3/c1-16-12-13-20(21(14-16)26-2)27-15-22(25)24-19-11-7-6-10-18(19)23-17-8-4-3-5-9-17/h3-14,23H,15H2,1-2H3,(H,24,25). The lowest BCUT2D eigenvalue weighted by molar-refractivity contribution is -0.118. The molecular formula is C22H22N2O3. The van der Waals surface area contributed by atoms with Crippen molar-refractivity contribution >= 4 is 23.0 Å². The number of nitrogens with one attached hydrogen (secondary N) is 2. The smallest absolute Gasteiger partial charge is 0.262 e. The summed E-state index contributed by atoms with van der Waals surface area (Å²) in [5.74, 6) is 0.892. The number of para-hydroxylation sites is 3. The summed E-state index contributed by atoms with van der Waals surface area (Å²) in [5, 5.41) is 6.18. The van der Waals surface area contributed by atoms with Crippen LogP contribution in [0.5, 0.6) is 11.5 Å². The minimum Gasteiger partial charge on any atom is -0.493 e. The summed E-state index contributed by atoms with van der Waals surface area (Å²) in [6.45, 7) is 1.86. The van der Waals surface area contributed by atoms with Crippen molar-refractivity contribution in [2.45, 2.75) is 6.92 Å². The summed E-state index contributed by atoms with van der Waals surface area (Å²) in [6.07, 6.45) is 0. The molecule has 0 atom stereocenters. The van der Waals surface area contributed by atoms with Crippen molar-refractivity contribution in [3.05, 3.63) is 78.4 Å². The largest absolute Gasteiger partial charge is 0.493 e. The quantitative estimate of drug-likeness (QED) is 0.636. The second-order valence-corrected chi connectivity index (χ2v) is 6.03. The number of hydrogen-bond donors (Lipinski definition) is 2. The first-order valence-corrected chi connectivity index (χ1v) is 8.64. The summed E-state index contributed by atoms with van der Waals surface area (Å²) in [6, 6.07) is 22.9. The summed E-state index contributed by atoms with van der Waals surface area (Å²) in [7, 11) is 1.58. The second-order valence-electron chi connectivity index (χ2n) is 6.03. The molecule has 2 N–H and O–H groups in total. The fraction of sp³-hybridized carbons (Fsp3) is 0.136. The molecule has 0 aliphatic heterocycles. The maximum atomic E-state index is 12.4. The van der Waals surface area contributed by atoms with Gasteiger partial charge in [0, 0.05) is 5.69 Å². The highest BCUT2D eigenvalue weighted by Crippen LogP contribution is 2.28. The minimum absolute atomic E-state index is 0.112. The minimum atomic E-state index is -0.250. The van der Waals surface area contributed by atoms with Gasteiger partial charge in [0.15, 0.2) is 18.1 Å². The molecule has 0 aliphatic carbocycles. The van der Waals surface area contributed by atoms with Gasteiger partial charge in [0.25, 0.3) is 5.91 Å². The van der Waals surface area contributed by atoms with E-state index in [0.717, 1.165) is 16.9 Å². The highest BCUT2D eigenvalue weighted by molar-refractivity contribution is 5.95. The van der Waals surface area contributed by atoms with Gasteiger partial charge in [-0.15, -0.1) is 0 Å². The van der Waals surface area contributed by atoms with Gasteiger partial charge in [0.1, 0.15) is 0 Å². The lowest BCUT2D eigenvalue weighted by Crippen LogP contribution is -2.20. The molecule has 0 aliphatic rings. The van der Waals surface area contributed by atoms with Gasteiger partial charge in [0.05, 0.1) is 18.5 Å². The summed E-state index contributed by atoms with van der Waals surface area (Å²) in [4.78, 5) is 12.4. The average Bonchev–Trinajstić information content (AvgIpc) is 2.69. The van der Waals surface area contributed by atoms with E-state index >= 15 is 0 Å². The number of benzene rings is 3. The molecule has 3 aromatic carbocycles. The van der Waals surface area contributed by atoms with Gasteiger partial charge < -0.3 is 20.1 Å². The molecule has 0 saturated carbocycles. The Morgan fingerprint density at radius 1 is 0.889 bits per heavy atom. The highest BCUT2D eigenvalue weighted by Gasteiger charge is 2.10. The van der Waals surface area contributed by atoms with Gasteiger partial charge in [-0.25, -0.2) is 0 Å². The van der Waals surface area contributed by atoms with Crippen LogP contribution in [0, 0.1) is 6.92 Å². The molecule has 1 amide bonds. The third-order valence-corrected chi connectivity index (χ3v) is 3.93. The number of carbonyl (C=O) groups excluding carboxylic acids is 1. The molecule has 0 aromatic heterocycles. The van der Waals surface area contributed by atoms with Crippen LogP contribution in [0.3, 0.4) is 0 Å². The van der Waals surface area contributed by atoms with Crippen molar-refractivity contribution in [3.8, 4) is 11.5 Å². The average molecular weight is 362 g/mol. The Kier molecular flexibility index (Phi) is 5.94. The normalized spacial score (nSPS) is 10.1. The number of amides is 1. The van der Waals surface area contributed by atoms with E-state index in [1.54, 1.807) is 13.2 Å². The van der Waals surface area contributed by atoms with Crippen molar-refractivity contribution in [1.29, 1.82) is 0 Å². The number of hydrogen-bond acceptors (Lipinski definition) is 4. The zero-order valence-electron chi connectivity index (χ0n) is 15.4. The molecule has 3 aromatic rings. The van der Waals surface area contributed by atoms with Crippen LogP contribution >= 0.6 is 0 Å². The first-order valence-electron chi connectivity index (χ1n) is 8.64. The number of aryl methyl sites for hydroxylation is 1. The maximum absolute atomic E-state index is 12.4. The van der Waals surface area contributed by atoms with Gasteiger partial charge >= 0.3 is 0 Å². The Bertz CT molecular complexity index is 910. The Morgan fingerprint density at radius 3 is 2.33 bits per heavy atom. The van der Waals surface area contributed by atoms with Gasteiger partial charge in [-0.05, 0) is 48.9 Å². The summed E-state index contributed by atoms with van der Waals surface area (Å²) >= 11 is 0. The van der Waals surface area contributed by atoms with Crippen LogP contribution in [0.2, 0.25) is 0 Å². The molecule has 0 bridgehead atoms. The predicted molar refractivity (Wildman–Crippen MR) is 108 cm³/mol. The van der Waals surface area contributed by atoms with Gasteiger partial charge in [-0.1, -0.05) is 36.4 Å². The number of ether oxygens (including phenoxy) is 2. The molecule has 0 fully saturated rings. The monoisotopic (exact) mass is 362 g/mol. The van der Waals surface area contributed by atoms with Crippen molar-refractivity contribution in [2.75, 3.05) is 24.4 Å². The third-order valence-electron chi connectivity index (χ3n) is 3.93. The Hall–Kier alpha value is -3.47. The second kappa shape index (κ2) is 8.76. The molecule has 3 rings (SSSR count). The molecule has 0 spiro atoms. The van der Waals surface area contributed by atoms with Crippen molar-refractivity contribution in [1.82, 2.24) is 0 Å². The maximum Gasteiger partial charge on any atom is 0.262 e. The molecule has 5 nitrogen and oxygen atoms in total. The molecular weight excluding hydrogens is 340 g/mol. The van der Waals surface area contributed by atoms with E-state index in [-0.39, 0.29) is 12.5 Å². The van der Waals surface area contributed by atoms with Gasteiger partial charge in [-0.2, -0.15) is 0 Å². The summed E-state index contributed by atoms with van der Waals surface area (Å²) < 4.78 is 10.9. The molecule has 0 saturated heterocycles. The molecule has 0 heterocycles. The molecule has 27 heavy (non-hydrogen) atoms. The lowest BCUT2D eigenvalue weighted by Gasteiger charge is -2.14. The van der Waals surface area contributed by atoms with Crippen LogP contribution in [0.25, 0.3) is 0 Å². The van der Waals surface area contributed by atoms with Crippen LogP contribution in [0.15, 0.2) is 72.8 Å². The Morgan fingerprint density at radius 2 is 1.59 bits per heavy atom. The molecule has 138 valence electrons. The van der Waals surface area contributed by atoms with Crippen LogP contribution in [-0.2, 0) is 4.79 Å². The predicted octanol–water partition coefficient (Wildman–Crippen LogP) is 4.76. The van der Waals surface area contributed by atoms with E-state index < -0.39 is 0 Å². The highest BCUT2D eigenvalue weighted by atomic mass is 16.5. The van der Waals surface area contributed by atoms with Crippen LogP contribution < -0.4 is 20.1 Å². The fourth-order valence-corrected chi connectivity index (χ4v) is 2.60.